The van der Waals surface area contributed by atoms with Crippen molar-refractivity contribution >= 4 is 6.09 Å². The highest BCUT2D eigenvalue weighted by atomic mass is 19.4. The average molecular weight is 505 g/mol. The van der Waals surface area contributed by atoms with Gasteiger partial charge >= 0.3 is 12.3 Å². The molecule has 0 atom stereocenters. The van der Waals surface area contributed by atoms with Crippen molar-refractivity contribution < 1.29 is 27.4 Å². The summed E-state index contributed by atoms with van der Waals surface area (Å²) in [5.74, 6) is -0.0680. The van der Waals surface area contributed by atoms with Gasteiger partial charge in [0.15, 0.2) is 0 Å². The number of halogens is 3. The average Bonchev–Trinajstić information content (AvgIpc) is 3.36. The van der Waals surface area contributed by atoms with Gasteiger partial charge in [0.05, 0.1) is 16.9 Å². The zero-order valence-electron chi connectivity index (χ0n) is 20.2. The molecule has 4 rings (SSSR count). The summed E-state index contributed by atoms with van der Waals surface area (Å²) >= 11 is 0. The minimum atomic E-state index is -4.62. The Morgan fingerprint density at radius 3 is 2.44 bits per heavy atom. The van der Waals surface area contributed by atoms with Crippen LogP contribution in [0.25, 0.3) is 5.69 Å². The molecule has 1 fully saturated rings. The first-order valence-corrected chi connectivity index (χ1v) is 11.5. The highest BCUT2D eigenvalue weighted by molar-refractivity contribution is 5.68. The second kappa shape index (κ2) is 10.1. The van der Waals surface area contributed by atoms with Crippen LogP contribution in [-0.2, 0) is 17.5 Å². The zero-order chi connectivity index (χ0) is 25.9. The second-order valence-corrected chi connectivity index (χ2v) is 9.55. The normalized spacial score (nSPS) is 15.1. The number of tetrazole rings is 1. The third-order valence-corrected chi connectivity index (χ3v) is 5.72. The van der Waals surface area contributed by atoms with Gasteiger partial charge in [-0.25, -0.2) is 9.48 Å². The van der Waals surface area contributed by atoms with E-state index in [0.717, 1.165) is 29.2 Å². The van der Waals surface area contributed by atoms with Crippen LogP contribution in [0.3, 0.4) is 0 Å². The van der Waals surface area contributed by atoms with Crippen LogP contribution in [0.4, 0.5) is 18.0 Å². The van der Waals surface area contributed by atoms with E-state index >= 15 is 0 Å². The number of aromatic nitrogens is 5. The van der Waals surface area contributed by atoms with E-state index < -0.39 is 17.3 Å². The molecule has 3 heterocycles. The SMILES string of the molecule is CC(C)(C)OC(=O)N1CCC(c2ccc(COc3ccc(-n4cnnn4)cc3C(F)(F)F)nc2)CC1. The number of hydrogen-bond acceptors (Lipinski definition) is 7. The molecule has 1 aromatic carbocycles. The highest BCUT2D eigenvalue weighted by Gasteiger charge is 2.35. The largest absolute Gasteiger partial charge is 0.487 e. The fourth-order valence-electron chi connectivity index (χ4n) is 3.92. The van der Waals surface area contributed by atoms with E-state index in [1.54, 1.807) is 17.2 Å². The molecule has 9 nitrogen and oxygen atoms in total. The Hall–Kier alpha value is -3.70. The molecule has 36 heavy (non-hydrogen) atoms. The molecule has 0 N–H and O–H groups in total. The maximum absolute atomic E-state index is 13.6. The lowest BCUT2D eigenvalue weighted by Crippen LogP contribution is -2.41. The van der Waals surface area contributed by atoms with E-state index in [2.05, 4.69) is 20.5 Å². The quantitative estimate of drug-likeness (QED) is 0.494. The Bertz CT molecular complexity index is 1170. The fraction of sp³-hybridized carbons (Fsp3) is 0.458. The van der Waals surface area contributed by atoms with Crippen molar-refractivity contribution in [3.05, 3.63) is 59.7 Å². The van der Waals surface area contributed by atoms with Crippen LogP contribution >= 0.6 is 0 Å². The van der Waals surface area contributed by atoms with E-state index in [1.807, 2.05) is 26.8 Å². The number of carbonyl (C=O) groups is 1. The third-order valence-electron chi connectivity index (χ3n) is 5.72. The molecule has 1 saturated heterocycles. The van der Waals surface area contributed by atoms with Crippen molar-refractivity contribution in [1.29, 1.82) is 0 Å². The monoisotopic (exact) mass is 504 g/mol. The Kier molecular flexibility index (Phi) is 7.14. The number of rotatable bonds is 5. The van der Waals surface area contributed by atoms with Gasteiger partial charge < -0.3 is 14.4 Å². The molecular formula is C24H27F3N6O3. The summed E-state index contributed by atoms with van der Waals surface area (Å²) in [6.45, 7) is 6.57. The predicted molar refractivity (Wildman–Crippen MR) is 123 cm³/mol. The van der Waals surface area contributed by atoms with Gasteiger partial charge in [0, 0.05) is 19.3 Å². The standard InChI is InChI=1S/C24H27F3N6O3/c1-23(2,3)36-22(34)32-10-8-16(9-11-32)17-4-5-18(28-13-17)14-35-21-7-6-19(33-15-29-30-31-33)12-20(21)24(25,26)27/h4-7,12-13,15-16H,8-11,14H2,1-3H3. The highest BCUT2D eigenvalue weighted by Crippen LogP contribution is 2.38. The summed E-state index contributed by atoms with van der Waals surface area (Å²) in [6, 6.07) is 7.28. The molecule has 0 spiro atoms. The van der Waals surface area contributed by atoms with Gasteiger partial charge in [-0.2, -0.15) is 13.2 Å². The van der Waals surface area contributed by atoms with Gasteiger partial charge in [-0.15, -0.1) is 5.10 Å². The molecule has 0 unspecified atom stereocenters. The van der Waals surface area contributed by atoms with Gasteiger partial charge in [-0.3, -0.25) is 4.98 Å². The number of likely N-dealkylation sites (tertiary alicyclic amines) is 1. The topological polar surface area (TPSA) is 95.3 Å². The molecule has 3 aromatic rings. The maximum Gasteiger partial charge on any atom is 0.420 e. The van der Waals surface area contributed by atoms with Gasteiger partial charge in [-0.1, -0.05) is 6.07 Å². The number of carbonyl (C=O) groups excluding carboxylic acids is 1. The molecule has 1 amide bonds. The smallest absolute Gasteiger partial charge is 0.420 e. The molecule has 0 saturated carbocycles. The van der Waals surface area contributed by atoms with Crippen molar-refractivity contribution in [2.24, 2.45) is 0 Å². The molecule has 192 valence electrons. The first kappa shape index (κ1) is 25.4. The van der Waals surface area contributed by atoms with E-state index in [-0.39, 0.29) is 30.1 Å². The van der Waals surface area contributed by atoms with Gasteiger partial charge in [0.25, 0.3) is 0 Å². The Morgan fingerprint density at radius 2 is 1.86 bits per heavy atom. The van der Waals surface area contributed by atoms with E-state index in [4.69, 9.17) is 9.47 Å². The van der Waals surface area contributed by atoms with Crippen LogP contribution in [0, 0.1) is 0 Å². The molecule has 12 heteroatoms. The fourth-order valence-corrected chi connectivity index (χ4v) is 3.92. The lowest BCUT2D eigenvalue weighted by atomic mass is 9.90. The first-order chi connectivity index (χ1) is 17.0. The first-order valence-electron chi connectivity index (χ1n) is 11.5. The number of pyridine rings is 1. The molecule has 0 aliphatic carbocycles. The number of piperidine rings is 1. The van der Waals surface area contributed by atoms with Crippen LogP contribution in [0.15, 0.2) is 42.9 Å². The number of alkyl halides is 3. The van der Waals surface area contributed by atoms with Crippen molar-refractivity contribution in [3.63, 3.8) is 0 Å². The molecule has 2 aromatic heterocycles. The lowest BCUT2D eigenvalue weighted by molar-refractivity contribution is -0.139. The van der Waals surface area contributed by atoms with Crippen LogP contribution in [0.2, 0.25) is 0 Å². The molecule has 0 radical (unpaired) electrons. The van der Waals surface area contributed by atoms with Crippen molar-refractivity contribution in [3.8, 4) is 11.4 Å². The minimum Gasteiger partial charge on any atom is -0.487 e. The Balaban J connectivity index is 1.36. The number of ether oxygens (including phenoxy) is 2. The number of benzene rings is 1. The summed E-state index contributed by atoms with van der Waals surface area (Å²) in [6.07, 6.45) is -0.444. The molecule has 1 aliphatic heterocycles. The zero-order valence-corrected chi connectivity index (χ0v) is 20.2. The molecule has 1 aliphatic rings. The Morgan fingerprint density at radius 1 is 1.11 bits per heavy atom. The van der Waals surface area contributed by atoms with Crippen LogP contribution in [0.1, 0.15) is 56.4 Å². The third kappa shape index (κ3) is 6.29. The summed E-state index contributed by atoms with van der Waals surface area (Å²) in [7, 11) is 0. The molecular weight excluding hydrogens is 477 g/mol. The predicted octanol–water partition coefficient (Wildman–Crippen LogP) is 4.77. The Labute approximate surface area is 206 Å². The van der Waals surface area contributed by atoms with E-state index in [9.17, 15) is 18.0 Å². The van der Waals surface area contributed by atoms with Crippen molar-refractivity contribution in [1.82, 2.24) is 30.1 Å². The van der Waals surface area contributed by atoms with Crippen molar-refractivity contribution in [2.75, 3.05) is 13.1 Å². The minimum absolute atomic E-state index is 0.120. The van der Waals surface area contributed by atoms with Gasteiger partial charge in [0.2, 0.25) is 0 Å². The van der Waals surface area contributed by atoms with Crippen LogP contribution in [-0.4, -0.2) is 54.9 Å². The number of hydrogen-bond donors (Lipinski definition) is 0. The second-order valence-electron chi connectivity index (χ2n) is 9.55. The van der Waals surface area contributed by atoms with Crippen LogP contribution in [0.5, 0.6) is 5.75 Å². The summed E-state index contributed by atoms with van der Waals surface area (Å²) in [5, 5.41) is 10.5. The van der Waals surface area contributed by atoms with Gasteiger partial charge in [-0.05, 0) is 79.8 Å². The van der Waals surface area contributed by atoms with Gasteiger partial charge in [0.1, 0.15) is 24.3 Å². The van der Waals surface area contributed by atoms with E-state index in [1.165, 1.54) is 18.5 Å². The van der Waals surface area contributed by atoms with Crippen molar-refractivity contribution in [2.45, 2.75) is 57.9 Å². The number of nitrogens with zero attached hydrogens (tertiary/aromatic N) is 6. The van der Waals surface area contributed by atoms with E-state index in [0.29, 0.717) is 18.8 Å². The maximum atomic E-state index is 13.6. The summed E-state index contributed by atoms with van der Waals surface area (Å²) < 4.78 is 52.9. The lowest BCUT2D eigenvalue weighted by Gasteiger charge is -2.33. The summed E-state index contributed by atoms with van der Waals surface area (Å²) in [4.78, 5) is 18.3. The van der Waals surface area contributed by atoms with Crippen LogP contribution < -0.4 is 4.74 Å². The number of amides is 1. The molecule has 0 bridgehead atoms. The summed E-state index contributed by atoms with van der Waals surface area (Å²) in [5.41, 5.74) is 0.226.